The van der Waals surface area contributed by atoms with Gasteiger partial charge in [-0.2, -0.15) is 0 Å². The maximum absolute atomic E-state index is 12.6. The van der Waals surface area contributed by atoms with Gasteiger partial charge in [-0.05, 0) is 37.5 Å². The van der Waals surface area contributed by atoms with Crippen molar-refractivity contribution in [3.63, 3.8) is 0 Å². The number of carboxylic acid groups (broad SMARTS) is 1. The number of rotatable bonds is 6. The standard InChI is InChI=1S/C18H28N4O2.CH2O2/c1-12(2)9-21(3)18(24)16-15-7-6-14(10-22(15)11-20-16)17(23)19-8-13-4-5-13;2-1-3/h11-14H,4-10H2,1-3H3,(H,19,23);1H,(H,2,3). The summed E-state index contributed by atoms with van der Waals surface area (Å²) in [5, 5.41) is 9.96. The van der Waals surface area contributed by atoms with Crippen molar-refractivity contribution in [2.45, 2.75) is 46.1 Å². The summed E-state index contributed by atoms with van der Waals surface area (Å²) in [6, 6.07) is 0. The SMILES string of the molecule is CC(C)CN(C)C(=O)c1ncn2c1CCC(C(=O)NCC1CC1)C2.O=CO. The molecule has 1 atom stereocenters. The van der Waals surface area contributed by atoms with E-state index in [1.807, 2.05) is 11.6 Å². The van der Waals surface area contributed by atoms with E-state index in [0.717, 1.165) is 31.6 Å². The summed E-state index contributed by atoms with van der Waals surface area (Å²) >= 11 is 0. The number of hydrogen-bond donors (Lipinski definition) is 2. The molecule has 2 N–H and O–H groups in total. The molecule has 2 heterocycles. The smallest absolute Gasteiger partial charge is 0.290 e. The fourth-order valence-corrected chi connectivity index (χ4v) is 3.38. The summed E-state index contributed by atoms with van der Waals surface area (Å²) in [6.07, 6.45) is 5.72. The van der Waals surface area contributed by atoms with Crippen LogP contribution in [0.15, 0.2) is 6.33 Å². The molecule has 2 amide bonds. The number of nitrogens with zero attached hydrogens (tertiary/aromatic N) is 3. The van der Waals surface area contributed by atoms with Crippen molar-refractivity contribution in [3.05, 3.63) is 17.7 Å². The Morgan fingerprint density at radius 1 is 1.41 bits per heavy atom. The third-order valence-corrected chi connectivity index (χ3v) is 4.91. The van der Waals surface area contributed by atoms with Crippen molar-refractivity contribution in [1.29, 1.82) is 0 Å². The zero-order valence-electron chi connectivity index (χ0n) is 16.4. The van der Waals surface area contributed by atoms with E-state index in [-0.39, 0.29) is 24.2 Å². The lowest BCUT2D eigenvalue weighted by molar-refractivity contribution is -0.126. The molecular formula is C19H30N4O4. The molecule has 0 aromatic carbocycles. The Balaban J connectivity index is 0.000000817. The predicted molar refractivity (Wildman–Crippen MR) is 100 cm³/mol. The van der Waals surface area contributed by atoms with E-state index in [1.165, 1.54) is 12.8 Å². The van der Waals surface area contributed by atoms with Crippen LogP contribution in [0, 0.1) is 17.8 Å². The van der Waals surface area contributed by atoms with Gasteiger partial charge in [0.1, 0.15) is 5.69 Å². The molecule has 1 aromatic rings. The summed E-state index contributed by atoms with van der Waals surface area (Å²) in [4.78, 5) is 39.3. The van der Waals surface area contributed by atoms with Gasteiger partial charge in [0.15, 0.2) is 0 Å². The van der Waals surface area contributed by atoms with Crippen LogP contribution in [0.25, 0.3) is 0 Å². The first-order valence-corrected chi connectivity index (χ1v) is 9.52. The Kier molecular flexibility index (Phi) is 7.38. The molecule has 8 nitrogen and oxygen atoms in total. The quantitative estimate of drug-likeness (QED) is 0.728. The number of aromatic nitrogens is 2. The highest BCUT2D eigenvalue weighted by Crippen LogP contribution is 2.28. The van der Waals surface area contributed by atoms with Gasteiger partial charge >= 0.3 is 0 Å². The van der Waals surface area contributed by atoms with Gasteiger partial charge in [-0.15, -0.1) is 0 Å². The molecule has 0 bridgehead atoms. The maximum atomic E-state index is 12.6. The number of fused-ring (bicyclic) bond motifs is 1. The second kappa shape index (κ2) is 9.53. The van der Waals surface area contributed by atoms with Crippen molar-refractivity contribution in [2.75, 3.05) is 20.1 Å². The summed E-state index contributed by atoms with van der Waals surface area (Å²) < 4.78 is 1.99. The van der Waals surface area contributed by atoms with E-state index in [9.17, 15) is 9.59 Å². The highest BCUT2D eigenvalue weighted by atomic mass is 16.3. The van der Waals surface area contributed by atoms with Gasteiger partial charge in [0.05, 0.1) is 17.9 Å². The van der Waals surface area contributed by atoms with Crippen molar-refractivity contribution in [3.8, 4) is 0 Å². The van der Waals surface area contributed by atoms with Gasteiger partial charge in [-0.1, -0.05) is 13.8 Å². The normalized spacial score (nSPS) is 18.1. The highest BCUT2D eigenvalue weighted by Gasteiger charge is 2.30. The molecule has 27 heavy (non-hydrogen) atoms. The lowest BCUT2D eigenvalue weighted by atomic mass is 9.96. The Labute approximate surface area is 159 Å². The highest BCUT2D eigenvalue weighted by molar-refractivity contribution is 5.93. The van der Waals surface area contributed by atoms with Crippen molar-refractivity contribution >= 4 is 18.3 Å². The van der Waals surface area contributed by atoms with Crippen LogP contribution in [-0.4, -0.2) is 58.0 Å². The van der Waals surface area contributed by atoms with E-state index in [4.69, 9.17) is 9.90 Å². The first-order chi connectivity index (χ1) is 12.9. The minimum Gasteiger partial charge on any atom is -0.483 e. The van der Waals surface area contributed by atoms with Gasteiger partial charge < -0.3 is 19.9 Å². The molecule has 1 fully saturated rings. The van der Waals surface area contributed by atoms with E-state index in [1.54, 1.807) is 11.2 Å². The van der Waals surface area contributed by atoms with E-state index >= 15 is 0 Å². The van der Waals surface area contributed by atoms with Gasteiger partial charge in [0, 0.05) is 26.7 Å². The Bertz CT molecular complexity index is 667. The van der Waals surface area contributed by atoms with E-state index in [2.05, 4.69) is 24.1 Å². The van der Waals surface area contributed by atoms with Crippen molar-refractivity contribution < 1.29 is 19.5 Å². The molecule has 150 valence electrons. The van der Waals surface area contributed by atoms with Gasteiger partial charge in [-0.25, -0.2) is 4.98 Å². The third kappa shape index (κ3) is 5.80. The maximum Gasteiger partial charge on any atom is 0.290 e. The molecule has 1 unspecified atom stereocenters. The molecule has 2 aliphatic rings. The average Bonchev–Trinajstić information content (AvgIpc) is 3.36. The fraction of sp³-hybridized carbons (Fsp3) is 0.684. The summed E-state index contributed by atoms with van der Waals surface area (Å²) in [5.41, 5.74) is 1.52. The third-order valence-electron chi connectivity index (χ3n) is 4.91. The van der Waals surface area contributed by atoms with Crippen molar-refractivity contribution in [1.82, 2.24) is 19.8 Å². The predicted octanol–water partition coefficient (Wildman–Crippen LogP) is 1.40. The van der Waals surface area contributed by atoms with Crippen molar-refractivity contribution in [2.24, 2.45) is 17.8 Å². The number of carbonyl (C=O) groups is 3. The molecule has 1 saturated carbocycles. The number of carbonyl (C=O) groups excluding carboxylic acids is 2. The first-order valence-electron chi connectivity index (χ1n) is 9.52. The molecule has 1 aromatic heterocycles. The number of nitrogens with one attached hydrogen (secondary N) is 1. The molecule has 8 heteroatoms. The Morgan fingerprint density at radius 2 is 2.07 bits per heavy atom. The van der Waals surface area contributed by atoms with Crippen LogP contribution >= 0.6 is 0 Å². The number of hydrogen-bond acceptors (Lipinski definition) is 4. The fourth-order valence-electron chi connectivity index (χ4n) is 3.38. The molecule has 0 saturated heterocycles. The minimum atomic E-state index is -0.250. The van der Waals surface area contributed by atoms with Gasteiger partial charge in [0.25, 0.3) is 12.4 Å². The Morgan fingerprint density at radius 3 is 2.67 bits per heavy atom. The number of imidazole rings is 1. The topological polar surface area (TPSA) is 105 Å². The molecule has 0 radical (unpaired) electrons. The van der Waals surface area contributed by atoms with E-state index < -0.39 is 0 Å². The summed E-state index contributed by atoms with van der Waals surface area (Å²) in [5.74, 6) is 1.24. The lowest BCUT2D eigenvalue weighted by Gasteiger charge is -2.25. The second-order valence-electron chi connectivity index (χ2n) is 7.80. The second-order valence-corrected chi connectivity index (χ2v) is 7.80. The largest absolute Gasteiger partial charge is 0.483 e. The van der Waals surface area contributed by atoms with Crippen LogP contribution in [-0.2, 0) is 22.6 Å². The summed E-state index contributed by atoms with van der Waals surface area (Å²) in [7, 11) is 1.82. The molecule has 1 aliphatic carbocycles. The lowest BCUT2D eigenvalue weighted by Crippen LogP contribution is -2.37. The monoisotopic (exact) mass is 378 g/mol. The van der Waals surface area contributed by atoms with Crippen LogP contribution in [0.2, 0.25) is 0 Å². The number of amides is 2. The van der Waals surface area contributed by atoms with Crippen LogP contribution in [0.5, 0.6) is 0 Å². The van der Waals surface area contributed by atoms with Crippen LogP contribution in [0.4, 0.5) is 0 Å². The molecule has 0 spiro atoms. The van der Waals surface area contributed by atoms with Crippen LogP contribution in [0.3, 0.4) is 0 Å². The van der Waals surface area contributed by atoms with Gasteiger partial charge in [-0.3, -0.25) is 14.4 Å². The summed E-state index contributed by atoms with van der Waals surface area (Å²) in [6.45, 7) is 6.10. The van der Waals surface area contributed by atoms with Crippen LogP contribution in [0.1, 0.15) is 49.3 Å². The van der Waals surface area contributed by atoms with Crippen LogP contribution < -0.4 is 5.32 Å². The zero-order chi connectivity index (χ0) is 20.0. The zero-order valence-corrected chi connectivity index (χ0v) is 16.4. The molecule has 3 rings (SSSR count). The Hall–Kier alpha value is -2.38. The molecule has 1 aliphatic heterocycles. The average molecular weight is 378 g/mol. The van der Waals surface area contributed by atoms with Gasteiger partial charge in [0.2, 0.25) is 5.91 Å². The first kappa shape index (κ1) is 20.9. The molecular weight excluding hydrogens is 348 g/mol. The van der Waals surface area contributed by atoms with E-state index in [0.29, 0.717) is 24.1 Å². The minimum absolute atomic E-state index is 0.0122.